The van der Waals surface area contributed by atoms with Gasteiger partial charge in [-0.3, -0.25) is 33.4 Å². The number of amides is 1. The second-order valence-corrected chi connectivity index (χ2v) is 13.1. The highest BCUT2D eigenvalue weighted by molar-refractivity contribution is 8.30. The van der Waals surface area contributed by atoms with Crippen LogP contribution in [0.3, 0.4) is 0 Å². The van der Waals surface area contributed by atoms with Crippen molar-refractivity contribution in [1.82, 2.24) is 9.47 Å². The van der Waals surface area contributed by atoms with Gasteiger partial charge in [0.2, 0.25) is 0 Å². The van der Waals surface area contributed by atoms with Crippen molar-refractivity contribution in [1.29, 1.82) is 0 Å². The molecule has 12 nitrogen and oxygen atoms in total. The Kier molecular flexibility index (Phi) is 10.0. The van der Waals surface area contributed by atoms with Crippen molar-refractivity contribution in [2.24, 2.45) is 5.92 Å². The number of thiazole rings is 1. The summed E-state index contributed by atoms with van der Waals surface area (Å²) in [5, 5.41) is 19.4. The molecule has 2 N–H and O–H groups in total. The Balaban J connectivity index is 1.96. The van der Waals surface area contributed by atoms with Crippen LogP contribution in [0.1, 0.15) is 20.8 Å². The molecule has 4 rings (SSSR count). The molecule has 43 heavy (non-hydrogen) atoms. The molecule has 1 aromatic carbocycles. The van der Waals surface area contributed by atoms with Gasteiger partial charge in [-0.2, -0.15) is 0 Å². The Bertz CT molecular complexity index is 1740. The number of hydrogen-bond donors (Lipinski definition) is 2. The smallest absolute Gasteiger partial charge is 0.325 e. The van der Waals surface area contributed by atoms with Gasteiger partial charge in [0.1, 0.15) is 39.3 Å². The maximum atomic E-state index is 13.8. The van der Waals surface area contributed by atoms with Crippen LogP contribution < -0.4 is 24.4 Å². The predicted molar refractivity (Wildman–Crippen MR) is 168 cm³/mol. The van der Waals surface area contributed by atoms with Crippen LogP contribution in [0.25, 0.3) is 10.5 Å². The highest BCUT2D eigenvalue weighted by atomic mass is 32.2. The molecule has 1 fully saturated rings. The van der Waals surface area contributed by atoms with Crippen molar-refractivity contribution >= 4 is 91.4 Å². The highest BCUT2D eigenvalue weighted by Crippen LogP contribution is 2.48. The first-order chi connectivity index (χ1) is 20.4. The molecule has 0 unspecified atom stereocenters. The van der Waals surface area contributed by atoms with Crippen LogP contribution in [0.4, 0.5) is 5.69 Å². The number of aliphatic carboxylic acids is 2. The van der Waals surface area contributed by atoms with E-state index in [4.69, 9.17) is 21.7 Å². The van der Waals surface area contributed by atoms with Crippen LogP contribution in [-0.4, -0.2) is 74.6 Å². The number of fused-ring (bicyclic) bond motifs is 1. The van der Waals surface area contributed by atoms with Crippen LogP contribution in [-0.2, 0) is 30.5 Å². The third-order valence-electron chi connectivity index (χ3n) is 6.21. The number of carboxylic acids is 2. The number of thiocarbonyl (C=S) groups is 1. The lowest BCUT2D eigenvalue weighted by Gasteiger charge is -2.20. The van der Waals surface area contributed by atoms with Crippen LogP contribution in [0, 0.1) is 5.92 Å². The number of esters is 1. The van der Waals surface area contributed by atoms with Gasteiger partial charge in [-0.1, -0.05) is 49.6 Å². The molecule has 0 aliphatic carbocycles. The summed E-state index contributed by atoms with van der Waals surface area (Å²) in [7, 11) is 1.54. The summed E-state index contributed by atoms with van der Waals surface area (Å²) in [6.07, 6.45) is 1.78. The summed E-state index contributed by atoms with van der Waals surface area (Å²) in [5.41, 5.74) is 0.653. The van der Waals surface area contributed by atoms with E-state index < -0.39 is 42.5 Å². The lowest BCUT2D eigenvalue weighted by Crippen LogP contribution is -2.37. The molecule has 2 aromatic rings. The van der Waals surface area contributed by atoms with Crippen molar-refractivity contribution in [2.45, 2.75) is 32.2 Å². The average molecular weight is 666 g/mol. The van der Waals surface area contributed by atoms with Gasteiger partial charge in [0, 0.05) is 11.0 Å². The van der Waals surface area contributed by atoms with E-state index in [1.54, 1.807) is 30.0 Å². The number of rotatable bonds is 10. The number of hydrogen-bond acceptors (Lipinski definition) is 12. The molecule has 0 bridgehead atoms. The molecule has 1 saturated heterocycles. The van der Waals surface area contributed by atoms with Gasteiger partial charge >= 0.3 is 17.9 Å². The highest BCUT2D eigenvalue weighted by Gasteiger charge is 2.36. The molecular weight excluding hydrogens is 639 g/mol. The van der Waals surface area contributed by atoms with Crippen LogP contribution >= 0.6 is 47.1 Å². The largest absolute Gasteiger partial charge is 0.497 e. The number of anilines is 1. The van der Waals surface area contributed by atoms with E-state index in [-0.39, 0.29) is 37.5 Å². The number of aromatic nitrogens is 1. The lowest BCUT2D eigenvalue weighted by molar-refractivity contribution is -0.141. The van der Waals surface area contributed by atoms with Crippen molar-refractivity contribution in [3.05, 3.63) is 48.9 Å². The van der Waals surface area contributed by atoms with Gasteiger partial charge in [-0.05, 0) is 36.6 Å². The van der Waals surface area contributed by atoms with Crippen molar-refractivity contribution in [3.8, 4) is 5.75 Å². The van der Waals surface area contributed by atoms with Gasteiger partial charge in [-0.25, -0.2) is 0 Å². The number of nitrogens with zero attached hydrogens (tertiary/aromatic N) is 3. The van der Waals surface area contributed by atoms with Gasteiger partial charge in [0.05, 0.1) is 29.0 Å². The minimum Gasteiger partial charge on any atom is -0.497 e. The van der Waals surface area contributed by atoms with Gasteiger partial charge in [0.25, 0.3) is 11.5 Å². The van der Waals surface area contributed by atoms with E-state index in [0.717, 1.165) is 43.1 Å². The first-order valence-electron chi connectivity index (χ1n) is 12.8. The van der Waals surface area contributed by atoms with Gasteiger partial charge < -0.3 is 24.6 Å². The third-order valence-corrected chi connectivity index (χ3v) is 10.1. The Hall–Kier alpha value is -3.60. The Labute approximate surface area is 263 Å². The van der Waals surface area contributed by atoms with Crippen molar-refractivity contribution < 1.29 is 38.9 Å². The maximum Gasteiger partial charge on any atom is 0.325 e. The molecule has 2 aliphatic rings. The fourth-order valence-corrected chi connectivity index (χ4v) is 8.09. The third kappa shape index (κ3) is 6.82. The molecule has 0 saturated carbocycles. The molecule has 1 amide bonds. The minimum absolute atomic E-state index is 0.00740. The Morgan fingerprint density at radius 1 is 1.05 bits per heavy atom. The molecule has 2 aliphatic heterocycles. The SMILES string of the molecule is CCOC(=O)CN1C(=CC(=c2sc(=C3SC(=S)N(CC(=O)O)C3=O)n(CC(=O)O)c2=O)C(C)C)Sc2ccc(OC)cc21. The summed E-state index contributed by atoms with van der Waals surface area (Å²) in [6, 6.07) is 5.46. The van der Waals surface area contributed by atoms with Crippen LogP contribution in [0.2, 0.25) is 0 Å². The second-order valence-electron chi connectivity index (χ2n) is 9.42. The zero-order valence-electron chi connectivity index (χ0n) is 23.4. The number of carbonyl (C=O) groups excluding carboxylic acids is 2. The monoisotopic (exact) mass is 665 g/mol. The molecule has 0 atom stereocenters. The number of allylic oxidation sites excluding steroid dienone is 1. The molecule has 0 radical (unpaired) electrons. The van der Waals surface area contributed by atoms with E-state index in [1.165, 1.54) is 18.9 Å². The van der Waals surface area contributed by atoms with Crippen molar-refractivity contribution in [2.75, 3.05) is 31.7 Å². The number of carbonyl (C=O) groups is 4. The van der Waals surface area contributed by atoms with E-state index in [0.29, 0.717) is 16.4 Å². The number of benzene rings is 1. The van der Waals surface area contributed by atoms with Gasteiger partial charge in [0.15, 0.2) is 0 Å². The zero-order chi connectivity index (χ0) is 31.6. The lowest BCUT2D eigenvalue weighted by atomic mass is 10.0. The Morgan fingerprint density at radius 3 is 2.35 bits per heavy atom. The zero-order valence-corrected chi connectivity index (χ0v) is 26.7. The predicted octanol–water partition coefficient (Wildman–Crippen LogP) is 1.88. The fraction of sp³-hybridized carbons (Fsp3) is 0.333. The van der Waals surface area contributed by atoms with Crippen LogP contribution in [0.5, 0.6) is 5.75 Å². The molecular formula is C27H27N3O9S4. The van der Waals surface area contributed by atoms with E-state index in [9.17, 15) is 34.2 Å². The second kappa shape index (κ2) is 13.4. The standard InChI is InChI=1S/C27H27N3O9S4/c1-5-39-21(35)12-28-16-8-14(38-4)6-7-17(16)41-18(28)9-15(13(2)3)22-24(36)29(10-19(31)32)26(42-22)23-25(37)30(11-20(33)34)27(40)43-23/h6-9,13H,5,10-12H2,1-4H3,(H,31,32)(H,33,34). The van der Waals surface area contributed by atoms with E-state index >= 15 is 0 Å². The molecule has 3 heterocycles. The normalized spacial score (nSPS) is 17.6. The molecule has 16 heteroatoms. The quantitative estimate of drug-likeness (QED) is 0.281. The molecule has 0 spiro atoms. The fourth-order valence-electron chi connectivity index (χ4n) is 4.28. The van der Waals surface area contributed by atoms with E-state index in [1.807, 2.05) is 19.9 Å². The number of thioether (sulfide) groups is 2. The minimum atomic E-state index is -1.30. The molecule has 1 aromatic heterocycles. The summed E-state index contributed by atoms with van der Waals surface area (Å²) in [6.45, 7) is 4.17. The number of ether oxygens (including phenoxy) is 2. The summed E-state index contributed by atoms with van der Waals surface area (Å²) < 4.78 is 11.8. The number of methoxy groups -OCH3 is 1. The summed E-state index contributed by atoms with van der Waals surface area (Å²) >= 11 is 8.35. The first-order valence-corrected chi connectivity index (χ1v) is 15.7. The topological polar surface area (TPSA) is 156 Å². The summed E-state index contributed by atoms with van der Waals surface area (Å²) in [4.78, 5) is 66.0. The average Bonchev–Trinajstić information content (AvgIpc) is 3.53. The Morgan fingerprint density at radius 2 is 1.74 bits per heavy atom. The van der Waals surface area contributed by atoms with E-state index in [2.05, 4.69) is 0 Å². The van der Waals surface area contributed by atoms with Crippen LogP contribution in [0.15, 0.2) is 39.0 Å². The first kappa shape index (κ1) is 32.3. The molecule has 228 valence electrons. The summed E-state index contributed by atoms with van der Waals surface area (Å²) in [5.74, 6) is -3.38. The number of carboxylic acid groups (broad SMARTS) is 2. The van der Waals surface area contributed by atoms with Gasteiger partial charge in [-0.15, -0.1) is 11.3 Å². The van der Waals surface area contributed by atoms with Crippen molar-refractivity contribution in [3.63, 3.8) is 0 Å². The maximum absolute atomic E-state index is 13.8.